The number of hydrogen-bond donors (Lipinski definition) is 0. The van der Waals surface area contributed by atoms with E-state index in [0.29, 0.717) is 13.0 Å². The molecule has 2 heteroatoms. The molecular weight excluding hydrogens is 200 g/mol. The van der Waals surface area contributed by atoms with Crippen LogP contribution in [0.2, 0.25) is 0 Å². The number of rotatable bonds is 1. The summed E-state index contributed by atoms with van der Waals surface area (Å²) in [6, 6.07) is 10.2. The maximum absolute atomic E-state index is 11.9. The standard InChI is InChI=1S/C14H14O2/c15-12-7-4-8-13-14(12)11(9-16-13)10-5-2-1-3-6-10/h1-3,5-6,11H,4,7-9H2. The minimum Gasteiger partial charge on any atom is -0.497 e. The molecule has 1 atom stereocenters. The number of allylic oxidation sites excluding steroid dienone is 1. The first-order chi connectivity index (χ1) is 7.86. The van der Waals surface area contributed by atoms with Gasteiger partial charge in [0.15, 0.2) is 5.78 Å². The Labute approximate surface area is 94.9 Å². The Kier molecular flexibility index (Phi) is 2.28. The van der Waals surface area contributed by atoms with Crippen LogP contribution in [0.4, 0.5) is 0 Å². The van der Waals surface area contributed by atoms with Crippen molar-refractivity contribution in [1.29, 1.82) is 0 Å². The summed E-state index contributed by atoms with van der Waals surface area (Å²) in [5.41, 5.74) is 2.14. The average molecular weight is 214 g/mol. The van der Waals surface area contributed by atoms with Crippen molar-refractivity contribution in [3.8, 4) is 0 Å². The zero-order valence-electron chi connectivity index (χ0n) is 9.11. The molecule has 0 saturated heterocycles. The zero-order chi connectivity index (χ0) is 11.0. The first-order valence-electron chi connectivity index (χ1n) is 5.80. The Balaban J connectivity index is 1.99. The highest BCUT2D eigenvalue weighted by molar-refractivity contribution is 5.98. The topological polar surface area (TPSA) is 26.3 Å². The molecule has 0 saturated carbocycles. The lowest BCUT2D eigenvalue weighted by atomic mass is 9.85. The molecular formula is C14H14O2. The van der Waals surface area contributed by atoms with Gasteiger partial charge < -0.3 is 4.74 Å². The number of Topliss-reactive ketones (excluding diaryl/α,β-unsaturated/α-hetero) is 1. The molecule has 2 nitrogen and oxygen atoms in total. The molecule has 3 rings (SSSR count). The normalized spacial score (nSPS) is 24.2. The van der Waals surface area contributed by atoms with Gasteiger partial charge in [0.2, 0.25) is 0 Å². The van der Waals surface area contributed by atoms with Crippen molar-refractivity contribution in [1.82, 2.24) is 0 Å². The first kappa shape index (κ1) is 9.64. The third kappa shape index (κ3) is 1.45. The predicted octanol–water partition coefficient (Wildman–Crippen LogP) is 2.81. The van der Waals surface area contributed by atoms with Crippen LogP contribution < -0.4 is 0 Å². The molecule has 1 aromatic carbocycles. The number of benzene rings is 1. The molecule has 0 bridgehead atoms. The number of ether oxygens (including phenoxy) is 1. The summed E-state index contributed by atoms with van der Waals surface area (Å²) in [7, 11) is 0. The fourth-order valence-corrected chi connectivity index (χ4v) is 2.59. The van der Waals surface area contributed by atoms with Crippen molar-refractivity contribution in [2.45, 2.75) is 25.2 Å². The van der Waals surface area contributed by atoms with Gasteiger partial charge in [-0.15, -0.1) is 0 Å². The molecule has 0 amide bonds. The fraction of sp³-hybridized carbons (Fsp3) is 0.357. The van der Waals surface area contributed by atoms with Gasteiger partial charge in [0.05, 0.1) is 6.61 Å². The van der Waals surface area contributed by atoms with E-state index in [1.165, 1.54) is 5.56 Å². The summed E-state index contributed by atoms with van der Waals surface area (Å²) in [5, 5.41) is 0. The van der Waals surface area contributed by atoms with Gasteiger partial charge in [-0.3, -0.25) is 4.79 Å². The van der Waals surface area contributed by atoms with Crippen LogP contribution in [-0.2, 0) is 9.53 Å². The van der Waals surface area contributed by atoms with E-state index in [-0.39, 0.29) is 11.7 Å². The smallest absolute Gasteiger partial charge is 0.162 e. The van der Waals surface area contributed by atoms with E-state index in [2.05, 4.69) is 12.1 Å². The summed E-state index contributed by atoms with van der Waals surface area (Å²) in [6.07, 6.45) is 2.56. The average Bonchev–Trinajstić information content (AvgIpc) is 2.75. The van der Waals surface area contributed by atoms with Crippen LogP contribution >= 0.6 is 0 Å². The second kappa shape index (κ2) is 3.78. The van der Waals surface area contributed by atoms with E-state index in [0.717, 1.165) is 24.2 Å². The van der Waals surface area contributed by atoms with Crippen molar-refractivity contribution < 1.29 is 9.53 Å². The van der Waals surface area contributed by atoms with E-state index in [1.54, 1.807) is 0 Å². The first-order valence-corrected chi connectivity index (χ1v) is 5.80. The molecule has 0 fully saturated rings. The molecule has 2 aliphatic rings. The Bertz CT molecular complexity index is 445. The van der Waals surface area contributed by atoms with Crippen LogP contribution in [0.15, 0.2) is 41.7 Å². The van der Waals surface area contributed by atoms with Crippen LogP contribution in [0.5, 0.6) is 0 Å². The van der Waals surface area contributed by atoms with Gasteiger partial charge in [0.1, 0.15) is 5.76 Å². The molecule has 0 N–H and O–H groups in total. The Morgan fingerprint density at radius 2 is 1.94 bits per heavy atom. The Morgan fingerprint density at radius 1 is 1.12 bits per heavy atom. The molecule has 1 aliphatic carbocycles. The molecule has 1 aliphatic heterocycles. The molecule has 1 aromatic rings. The summed E-state index contributed by atoms with van der Waals surface area (Å²) in [6.45, 7) is 0.639. The molecule has 1 heterocycles. The van der Waals surface area contributed by atoms with Crippen LogP contribution in [-0.4, -0.2) is 12.4 Å². The van der Waals surface area contributed by atoms with Gasteiger partial charge in [-0.25, -0.2) is 0 Å². The van der Waals surface area contributed by atoms with E-state index in [1.807, 2.05) is 18.2 Å². The number of carbonyl (C=O) groups is 1. The van der Waals surface area contributed by atoms with Gasteiger partial charge in [0, 0.05) is 24.3 Å². The summed E-state index contributed by atoms with van der Waals surface area (Å²) in [5.74, 6) is 1.40. The van der Waals surface area contributed by atoms with Gasteiger partial charge in [-0.2, -0.15) is 0 Å². The number of carbonyl (C=O) groups excluding carboxylic acids is 1. The molecule has 0 spiro atoms. The van der Waals surface area contributed by atoms with E-state index in [4.69, 9.17) is 4.74 Å². The maximum Gasteiger partial charge on any atom is 0.162 e. The molecule has 0 aromatic heterocycles. The van der Waals surface area contributed by atoms with Crippen molar-refractivity contribution in [2.24, 2.45) is 0 Å². The van der Waals surface area contributed by atoms with Gasteiger partial charge in [-0.05, 0) is 12.0 Å². The van der Waals surface area contributed by atoms with E-state index >= 15 is 0 Å². The highest BCUT2D eigenvalue weighted by atomic mass is 16.5. The predicted molar refractivity (Wildman–Crippen MR) is 61.0 cm³/mol. The highest BCUT2D eigenvalue weighted by Gasteiger charge is 2.34. The van der Waals surface area contributed by atoms with E-state index in [9.17, 15) is 4.79 Å². The van der Waals surface area contributed by atoms with Crippen LogP contribution in [0.25, 0.3) is 0 Å². The number of ketones is 1. The number of hydrogen-bond acceptors (Lipinski definition) is 2. The van der Waals surface area contributed by atoms with Gasteiger partial charge >= 0.3 is 0 Å². The van der Waals surface area contributed by atoms with Crippen LogP contribution in [0.3, 0.4) is 0 Å². The van der Waals surface area contributed by atoms with Crippen LogP contribution in [0.1, 0.15) is 30.7 Å². The Hall–Kier alpha value is -1.57. The van der Waals surface area contributed by atoms with Crippen LogP contribution in [0, 0.1) is 0 Å². The van der Waals surface area contributed by atoms with Crippen molar-refractivity contribution in [3.63, 3.8) is 0 Å². The molecule has 16 heavy (non-hydrogen) atoms. The fourth-order valence-electron chi connectivity index (χ4n) is 2.59. The molecule has 1 unspecified atom stereocenters. The third-order valence-electron chi connectivity index (χ3n) is 3.38. The highest BCUT2D eigenvalue weighted by Crippen LogP contribution is 2.39. The van der Waals surface area contributed by atoms with Crippen molar-refractivity contribution in [2.75, 3.05) is 6.61 Å². The lowest BCUT2D eigenvalue weighted by molar-refractivity contribution is -0.116. The minimum absolute atomic E-state index is 0.170. The largest absolute Gasteiger partial charge is 0.497 e. The molecule has 82 valence electrons. The quantitative estimate of drug-likeness (QED) is 0.718. The van der Waals surface area contributed by atoms with Crippen molar-refractivity contribution >= 4 is 5.78 Å². The summed E-state index contributed by atoms with van der Waals surface area (Å²) < 4.78 is 5.65. The third-order valence-corrected chi connectivity index (χ3v) is 3.38. The SMILES string of the molecule is O=C1CCCC2=C1C(c1ccccc1)CO2. The maximum atomic E-state index is 11.9. The molecule has 0 radical (unpaired) electrons. The lowest BCUT2D eigenvalue weighted by Crippen LogP contribution is -2.14. The monoisotopic (exact) mass is 214 g/mol. The minimum atomic E-state index is 0.170. The van der Waals surface area contributed by atoms with Crippen molar-refractivity contribution in [3.05, 3.63) is 47.2 Å². The summed E-state index contributed by atoms with van der Waals surface area (Å²) in [4.78, 5) is 11.9. The van der Waals surface area contributed by atoms with Gasteiger partial charge in [-0.1, -0.05) is 30.3 Å². The second-order valence-electron chi connectivity index (χ2n) is 4.39. The second-order valence-corrected chi connectivity index (χ2v) is 4.39. The lowest BCUT2D eigenvalue weighted by Gasteiger charge is -2.15. The summed E-state index contributed by atoms with van der Waals surface area (Å²) >= 11 is 0. The zero-order valence-corrected chi connectivity index (χ0v) is 9.11. The van der Waals surface area contributed by atoms with Gasteiger partial charge in [0.25, 0.3) is 0 Å². The Morgan fingerprint density at radius 3 is 2.75 bits per heavy atom. The van der Waals surface area contributed by atoms with E-state index < -0.39 is 0 Å².